The van der Waals surface area contributed by atoms with Gasteiger partial charge in [0, 0.05) is 12.3 Å². The number of rotatable bonds is 2. The van der Waals surface area contributed by atoms with Crippen molar-refractivity contribution in [3.05, 3.63) is 36.8 Å². The molecule has 0 aliphatic carbocycles. The van der Waals surface area contributed by atoms with Crippen LogP contribution in [0.15, 0.2) is 36.8 Å². The standard InChI is InChI=1S/C10H9N3O/c1-14-10-4-2-3-9(13-10)8-5-6-11-7-12-8/h2-7H,1H3. The Balaban J connectivity index is 2.42. The Morgan fingerprint density at radius 1 is 1.14 bits per heavy atom. The van der Waals surface area contributed by atoms with Gasteiger partial charge in [-0.05, 0) is 12.1 Å². The molecule has 4 nitrogen and oxygen atoms in total. The van der Waals surface area contributed by atoms with E-state index in [0.29, 0.717) is 5.88 Å². The minimum atomic E-state index is 0.584. The van der Waals surface area contributed by atoms with E-state index in [2.05, 4.69) is 15.0 Å². The van der Waals surface area contributed by atoms with Gasteiger partial charge in [-0.25, -0.2) is 15.0 Å². The van der Waals surface area contributed by atoms with Gasteiger partial charge in [-0.2, -0.15) is 0 Å². The summed E-state index contributed by atoms with van der Waals surface area (Å²) in [6.45, 7) is 0. The zero-order chi connectivity index (χ0) is 9.80. The van der Waals surface area contributed by atoms with E-state index in [1.54, 1.807) is 19.4 Å². The summed E-state index contributed by atoms with van der Waals surface area (Å²) in [5, 5.41) is 0. The smallest absolute Gasteiger partial charge is 0.213 e. The Morgan fingerprint density at radius 3 is 2.79 bits per heavy atom. The number of methoxy groups -OCH3 is 1. The van der Waals surface area contributed by atoms with Crippen molar-refractivity contribution < 1.29 is 4.74 Å². The van der Waals surface area contributed by atoms with E-state index in [1.807, 2.05) is 18.2 Å². The van der Waals surface area contributed by atoms with Crippen LogP contribution in [0.2, 0.25) is 0 Å². The summed E-state index contributed by atoms with van der Waals surface area (Å²) in [5.41, 5.74) is 1.57. The molecule has 0 fully saturated rings. The number of aromatic nitrogens is 3. The molecule has 0 radical (unpaired) electrons. The molecule has 0 spiro atoms. The summed E-state index contributed by atoms with van der Waals surface area (Å²) in [4.78, 5) is 12.2. The topological polar surface area (TPSA) is 47.9 Å². The minimum Gasteiger partial charge on any atom is -0.481 e. The van der Waals surface area contributed by atoms with Crippen LogP contribution in [0, 0.1) is 0 Å². The van der Waals surface area contributed by atoms with Crippen molar-refractivity contribution in [1.82, 2.24) is 15.0 Å². The Morgan fingerprint density at radius 2 is 2.07 bits per heavy atom. The van der Waals surface area contributed by atoms with Gasteiger partial charge in [-0.1, -0.05) is 6.07 Å². The average molecular weight is 187 g/mol. The van der Waals surface area contributed by atoms with Gasteiger partial charge in [0.25, 0.3) is 0 Å². The molecule has 2 heterocycles. The van der Waals surface area contributed by atoms with Gasteiger partial charge in [-0.15, -0.1) is 0 Å². The number of ether oxygens (including phenoxy) is 1. The van der Waals surface area contributed by atoms with Crippen molar-refractivity contribution in [2.24, 2.45) is 0 Å². The second kappa shape index (κ2) is 3.83. The molecule has 70 valence electrons. The Bertz CT molecular complexity index is 417. The molecule has 14 heavy (non-hydrogen) atoms. The maximum Gasteiger partial charge on any atom is 0.213 e. The van der Waals surface area contributed by atoms with Crippen LogP contribution < -0.4 is 4.74 Å². The fourth-order valence-electron chi connectivity index (χ4n) is 1.11. The monoisotopic (exact) mass is 187 g/mol. The zero-order valence-electron chi connectivity index (χ0n) is 7.71. The van der Waals surface area contributed by atoms with Crippen LogP contribution in [0.25, 0.3) is 11.4 Å². The van der Waals surface area contributed by atoms with Crippen molar-refractivity contribution in [2.75, 3.05) is 7.11 Å². The molecule has 0 saturated heterocycles. The number of nitrogens with zero attached hydrogens (tertiary/aromatic N) is 3. The largest absolute Gasteiger partial charge is 0.481 e. The molecule has 0 aliphatic rings. The van der Waals surface area contributed by atoms with Crippen molar-refractivity contribution in [3.63, 3.8) is 0 Å². The molecule has 0 N–H and O–H groups in total. The van der Waals surface area contributed by atoms with Crippen LogP contribution in [-0.2, 0) is 0 Å². The van der Waals surface area contributed by atoms with Gasteiger partial charge in [0.1, 0.15) is 6.33 Å². The first-order valence-corrected chi connectivity index (χ1v) is 4.17. The lowest BCUT2D eigenvalue weighted by Crippen LogP contribution is -1.91. The summed E-state index contributed by atoms with van der Waals surface area (Å²) < 4.78 is 5.02. The fraction of sp³-hybridized carbons (Fsp3) is 0.100. The second-order valence-corrected chi connectivity index (χ2v) is 2.66. The fourth-order valence-corrected chi connectivity index (χ4v) is 1.11. The van der Waals surface area contributed by atoms with E-state index >= 15 is 0 Å². The summed E-state index contributed by atoms with van der Waals surface area (Å²) in [7, 11) is 1.59. The molecule has 0 amide bonds. The lowest BCUT2D eigenvalue weighted by atomic mass is 10.2. The third-order valence-corrected chi connectivity index (χ3v) is 1.78. The summed E-state index contributed by atoms with van der Waals surface area (Å²) in [6, 6.07) is 7.36. The number of pyridine rings is 1. The summed E-state index contributed by atoms with van der Waals surface area (Å²) in [5.74, 6) is 0.584. The van der Waals surface area contributed by atoms with Crippen LogP contribution >= 0.6 is 0 Å². The van der Waals surface area contributed by atoms with Gasteiger partial charge < -0.3 is 4.74 Å². The Hall–Kier alpha value is -1.97. The van der Waals surface area contributed by atoms with Crippen LogP contribution in [0.5, 0.6) is 5.88 Å². The third kappa shape index (κ3) is 1.69. The van der Waals surface area contributed by atoms with Gasteiger partial charge >= 0.3 is 0 Å². The van der Waals surface area contributed by atoms with Crippen LogP contribution in [0.4, 0.5) is 0 Å². The lowest BCUT2D eigenvalue weighted by Gasteiger charge is -2.01. The van der Waals surface area contributed by atoms with Gasteiger partial charge in [-0.3, -0.25) is 0 Å². The zero-order valence-corrected chi connectivity index (χ0v) is 7.71. The van der Waals surface area contributed by atoms with E-state index in [0.717, 1.165) is 11.4 Å². The number of hydrogen-bond donors (Lipinski definition) is 0. The highest BCUT2D eigenvalue weighted by Gasteiger charge is 2.00. The van der Waals surface area contributed by atoms with E-state index < -0.39 is 0 Å². The molecule has 2 aromatic rings. The predicted octanol–water partition coefficient (Wildman–Crippen LogP) is 1.55. The van der Waals surface area contributed by atoms with Crippen molar-refractivity contribution in [2.45, 2.75) is 0 Å². The normalized spacial score (nSPS) is 9.79. The van der Waals surface area contributed by atoms with E-state index in [-0.39, 0.29) is 0 Å². The van der Waals surface area contributed by atoms with Gasteiger partial charge in [0.05, 0.1) is 18.5 Å². The van der Waals surface area contributed by atoms with Gasteiger partial charge in [0.15, 0.2) is 0 Å². The first-order chi connectivity index (χ1) is 6.90. The highest BCUT2D eigenvalue weighted by atomic mass is 16.5. The molecule has 0 aliphatic heterocycles. The molecule has 0 unspecified atom stereocenters. The number of hydrogen-bond acceptors (Lipinski definition) is 4. The third-order valence-electron chi connectivity index (χ3n) is 1.78. The quantitative estimate of drug-likeness (QED) is 0.715. The Kier molecular flexibility index (Phi) is 2.36. The SMILES string of the molecule is COc1cccc(-c2ccncn2)n1. The van der Waals surface area contributed by atoms with Crippen molar-refractivity contribution in [1.29, 1.82) is 0 Å². The predicted molar refractivity (Wildman–Crippen MR) is 51.8 cm³/mol. The molecule has 2 aromatic heterocycles. The molecule has 0 bridgehead atoms. The average Bonchev–Trinajstić information content (AvgIpc) is 2.30. The van der Waals surface area contributed by atoms with Crippen molar-refractivity contribution >= 4 is 0 Å². The molecular formula is C10H9N3O. The van der Waals surface area contributed by atoms with Crippen LogP contribution in [-0.4, -0.2) is 22.1 Å². The maximum atomic E-state index is 5.02. The Labute approximate surface area is 81.6 Å². The van der Waals surface area contributed by atoms with E-state index in [4.69, 9.17) is 4.74 Å². The maximum absolute atomic E-state index is 5.02. The molecular weight excluding hydrogens is 178 g/mol. The first kappa shape index (κ1) is 8.62. The molecule has 2 rings (SSSR count). The molecule has 0 aromatic carbocycles. The van der Waals surface area contributed by atoms with Crippen LogP contribution in [0.1, 0.15) is 0 Å². The highest BCUT2D eigenvalue weighted by molar-refractivity contribution is 5.53. The summed E-state index contributed by atoms with van der Waals surface area (Å²) >= 11 is 0. The second-order valence-electron chi connectivity index (χ2n) is 2.66. The lowest BCUT2D eigenvalue weighted by molar-refractivity contribution is 0.398. The first-order valence-electron chi connectivity index (χ1n) is 4.17. The van der Waals surface area contributed by atoms with E-state index in [1.165, 1.54) is 6.33 Å². The summed E-state index contributed by atoms with van der Waals surface area (Å²) in [6.07, 6.45) is 3.18. The highest BCUT2D eigenvalue weighted by Crippen LogP contribution is 2.15. The van der Waals surface area contributed by atoms with Crippen molar-refractivity contribution in [3.8, 4) is 17.3 Å². The minimum absolute atomic E-state index is 0.584. The molecule has 0 atom stereocenters. The van der Waals surface area contributed by atoms with E-state index in [9.17, 15) is 0 Å². The molecule has 0 saturated carbocycles. The molecule has 4 heteroatoms. The van der Waals surface area contributed by atoms with Crippen LogP contribution in [0.3, 0.4) is 0 Å². The van der Waals surface area contributed by atoms with Gasteiger partial charge in [0.2, 0.25) is 5.88 Å².